The average Bonchev–Trinajstić information content (AvgIpc) is 2.79. The SMILES string of the molecule is NCC(c1ccccc1Cl)C(O)c1csc(Br)c1. The van der Waals surface area contributed by atoms with E-state index in [1.807, 2.05) is 35.7 Å². The Morgan fingerprint density at radius 1 is 1.39 bits per heavy atom. The molecule has 2 nitrogen and oxygen atoms in total. The van der Waals surface area contributed by atoms with Gasteiger partial charge in [0.15, 0.2) is 0 Å². The zero-order valence-electron chi connectivity index (χ0n) is 9.51. The number of hydrogen-bond acceptors (Lipinski definition) is 3. The third-order valence-corrected chi connectivity index (χ3v) is 4.74. The van der Waals surface area contributed by atoms with Crippen LogP contribution in [0, 0.1) is 0 Å². The molecule has 0 aliphatic heterocycles. The highest BCUT2D eigenvalue weighted by Crippen LogP contribution is 2.36. The van der Waals surface area contributed by atoms with Gasteiger partial charge in [-0.1, -0.05) is 29.8 Å². The Labute approximate surface area is 124 Å². The lowest BCUT2D eigenvalue weighted by atomic mass is 9.90. The van der Waals surface area contributed by atoms with Gasteiger partial charge in [0.05, 0.1) is 9.89 Å². The Morgan fingerprint density at radius 3 is 2.67 bits per heavy atom. The van der Waals surface area contributed by atoms with Gasteiger partial charge in [-0.3, -0.25) is 0 Å². The minimum Gasteiger partial charge on any atom is -0.388 e. The molecule has 1 aromatic carbocycles. The molecule has 0 spiro atoms. The van der Waals surface area contributed by atoms with E-state index >= 15 is 0 Å². The molecular weight excluding hydrogens is 334 g/mol. The molecule has 0 fully saturated rings. The van der Waals surface area contributed by atoms with Crippen LogP contribution in [0.1, 0.15) is 23.1 Å². The van der Waals surface area contributed by atoms with E-state index in [0.717, 1.165) is 14.9 Å². The van der Waals surface area contributed by atoms with Crippen molar-refractivity contribution in [3.8, 4) is 0 Å². The van der Waals surface area contributed by atoms with Gasteiger partial charge in [-0.25, -0.2) is 0 Å². The summed E-state index contributed by atoms with van der Waals surface area (Å²) in [6.07, 6.45) is -0.641. The molecule has 0 bridgehead atoms. The van der Waals surface area contributed by atoms with Crippen molar-refractivity contribution in [3.05, 3.63) is 55.6 Å². The van der Waals surface area contributed by atoms with Crippen LogP contribution in [0.15, 0.2) is 39.5 Å². The van der Waals surface area contributed by atoms with Gasteiger partial charge in [0.25, 0.3) is 0 Å². The predicted molar refractivity (Wildman–Crippen MR) is 80.2 cm³/mol. The van der Waals surface area contributed by atoms with Crippen molar-refractivity contribution in [2.24, 2.45) is 5.73 Å². The zero-order valence-corrected chi connectivity index (χ0v) is 12.7. The van der Waals surface area contributed by atoms with Gasteiger partial charge in [-0.15, -0.1) is 11.3 Å². The minimum absolute atomic E-state index is 0.194. The highest BCUT2D eigenvalue weighted by atomic mass is 79.9. The van der Waals surface area contributed by atoms with Gasteiger partial charge in [0, 0.05) is 17.5 Å². The van der Waals surface area contributed by atoms with Crippen LogP contribution in [0.3, 0.4) is 0 Å². The molecule has 1 aromatic heterocycles. The van der Waals surface area contributed by atoms with E-state index in [1.165, 1.54) is 0 Å². The number of halogens is 2. The van der Waals surface area contributed by atoms with Crippen molar-refractivity contribution in [3.63, 3.8) is 0 Å². The Kier molecular flexibility index (Phi) is 4.81. The predicted octanol–water partition coefficient (Wildman–Crippen LogP) is 3.94. The van der Waals surface area contributed by atoms with E-state index in [0.29, 0.717) is 11.6 Å². The molecule has 0 saturated heterocycles. The largest absolute Gasteiger partial charge is 0.388 e. The fourth-order valence-corrected chi connectivity index (χ4v) is 3.39. The fraction of sp³-hybridized carbons (Fsp3) is 0.231. The lowest BCUT2D eigenvalue weighted by Gasteiger charge is -2.22. The molecule has 18 heavy (non-hydrogen) atoms. The Hall–Kier alpha value is -0.390. The van der Waals surface area contributed by atoms with Gasteiger partial charge >= 0.3 is 0 Å². The summed E-state index contributed by atoms with van der Waals surface area (Å²) >= 11 is 11.1. The highest BCUT2D eigenvalue weighted by molar-refractivity contribution is 9.11. The summed E-state index contributed by atoms with van der Waals surface area (Å²) in [5, 5.41) is 13.0. The summed E-state index contributed by atoms with van der Waals surface area (Å²) in [7, 11) is 0. The number of nitrogens with two attached hydrogens (primary N) is 1. The number of aliphatic hydroxyl groups excluding tert-OH is 1. The maximum absolute atomic E-state index is 10.4. The first kappa shape index (κ1) is 14.0. The van der Waals surface area contributed by atoms with Gasteiger partial charge in [0.1, 0.15) is 0 Å². The van der Waals surface area contributed by atoms with Gasteiger partial charge < -0.3 is 10.8 Å². The molecule has 2 rings (SSSR count). The van der Waals surface area contributed by atoms with Crippen LogP contribution in [0.4, 0.5) is 0 Å². The molecule has 3 N–H and O–H groups in total. The zero-order chi connectivity index (χ0) is 13.1. The van der Waals surface area contributed by atoms with Crippen LogP contribution in [-0.4, -0.2) is 11.7 Å². The average molecular weight is 347 g/mol. The van der Waals surface area contributed by atoms with Crippen molar-refractivity contribution < 1.29 is 5.11 Å². The first-order chi connectivity index (χ1) is 8.63. The molecule has 96 valence electrons. The molecule has 2 aromatic rings. The van der Waals surface area contributed by atoms with Crippen molar-refractivity contribution in [1.29, 1.82) is 0 Å². The quantitative estimate of drug-likeness (QED) is 0.881. The molecule has 2 unspecified atom stereocenters. The maximum Gasteiger partial charge on any atom is 0.0879 e. The molecule has 0 saturated carbocycles. The van der Waals surface area contributed by atoms with Crippen LogP contribution in [-0.2, 0) is 0 Å². The monoisotopic (exact) mass is 345 g/mol. The summed E-state index contributed by atoms with van der Waals surface area (Å²) in [4.78, 5) is 0. The summed E-state index contributed by atoms with van der Waals surface area (Å²) < 4.78 is 0.992. The van der Waals surface area contributed by atoms with Crippen molar-refractivity contribution in [2.75, 3.05) is 6.54 Å². The summed E-state index contributed by atoms with van der Waals surface area (Å²) in [5.74, 6) is -0.194. The van der Waals surface area contributed by atoms with Gasteiger partial charge in [0.2, 0.25) is 0 Å². The Morgan fingerprint density at radius 2 is 2.11 bits per heavy atom. The van der Waals surface area contributed by atoms with Crippen LogP contribution in [0.2, 0.25) is 5.02 Å². The topological polar surface area (TPSA) is 46.2 Å². The summed E-state index contributed by atoms with van der Waals surface area (Å²) in [5.41, 5.74) is 7.54. The number of rotatable bonds is 4. The molecule has 2 atom stereocenters. The van der Waals surface area contributed by atoms with Gasteiger partial charge in [-0.2, -0.15) is 0 Å². The van der Waals surface area contributed by atoms with Crippen LogP contribution < -0.4 is 5.73 Å². The Balaban J connectivity index is 2.32. The van der Waals surface area contributed by atoms with E-state index < -0.39 is 6.10 Å². The number of benzene rings is 1. The Bertz CT molecular complexity index is 531. The second-order valence-corrected chi connectivity index (χ2v) is 6.69. The molecule has 0 amide bonds. The molecule has 1 heterocycles. The minimum atomic E-state index is -0.641. The molecular formula is C13H13BrClNOS. The van der Waals surface area contributed by atoms with Crippen molar-refractivity contribution >= 4 is 38.9 Å². The first-order valence-electron chi connectivity index (χ1n) is 5.50. The maximum atomic E-state index is 10.4. The third-order valence-electron chi connectivity index (χ3n) is 2.87. The molecule has 0 aliphatic carbocycles. The number of hydrogen-bond donors (Lipinski definition) is 2. The lowest BCUT2D eigenvalue weighted by molar-refractivity contribution is 0.148. The van der Waals surface area contributed by atoms with E-state index in [9.17, 15) is 5.11 Å². The summed E-state index contributed by atoms with van der Waals surface area (Å²) in [6, 6.07) is 9.40. The summed E-state index contributed by atoms with van der Waals surface area (Å²) in [6.45, 7) is 0.346. The number of thiophene rings is 1. The standard InChI is InChI=1S/C13H13BrClNOS/c14-12-5-8(7-18-12)13(17)10(6-16)9-3-1-2-4-11(9)15/h1-5,7,10,13,17H,6,16H2. The molecule has 0 radical (unpaired) electrons. The first-order valence-corrected chi connectivity index (χ1v) is 7.55. The van der Waals surface area contributed by atoms with Gasteiger partial charge in [-0.05, 0) is 44.6 Å². The smallest absolute Gasteiger partial charge is 0.0879 e. The highest BCUT2D eigenvalue weighted by Gasteiger charge is 2.24. The third kappa shape index (κ3) is 2.95. The molecule has 0 aliphatic rings. The van der Waals surface area contributed by atoms with Crippen molar-refractivity contribution in [2.45, 2.75) is 12.0 Å². The van der Waals surface area contributed by atoms with Crippen LogP contribution in [0.5, 0.6) is 0 Å². The van der Waals surface area contributed by atoms with Crippen LogP contribution in [0.25, 0.3) is 0 Å². The van der Waals surface area contributed by atoms with E-state index in [4.69, 9.17) is 17.3 Å². The molecule has 5 heteroatoms. The second kappa shape index (κ2) is 6.17. The van der Waals surface area contributed by atoms with E-state index in [1.54, 1.807) is 11.3 Å². The fourth-order valence-electron chi connectivity index (χ4n) is 1.91. The van der Waals surface area contributed by atoms with Crippen molar-refractivity contribution in [1.82, 2.24) is 0 Å². The second-order valence-electron chi connectivity index (χ2n) is 3.99. The normalized spacial score (nSPS) is 14.4. The van der Waals surface area contributed by atoms with Crippen LogP contribution >= 0.6 is 38.9 Å². The van der Waals surface area contributed by atoms with E-state index in [2.05, 4.69) is 15.9 Å². The number of aliphatic hydroxyl groups is 1. The van der Waals surface area contributed by atoms with E-state index in [-0.39, 0.29) is 5.92 Å². The lowest BCUT2D eigenvalue weighted by Crippen LogP contribution is -2.20.